The van der Waals surface area contributed by atoms with Crippen LogP contribution in [0.1, 0.15) is 21.5 Å². The van der Waals surface area contributed by atoms with E-state index in [-0.39, 0.29) is 5.97 Å². The first-order chi connectivity index (χ1) is 11.2. The summed E-state index contributed by atoms with van der Waals surface area (Å²) >= 11 is 0. The fourth-order valence-electron chi connectivity index (χ4n) is 1.97. The van der Waals surface area contributed by atoms with E-state index in [2.05, 4.69) is 4.74 Å². The third kappa shape index (κ3) is 5.43. The number of rotatable bonds is 6. The third-order valence-electron chi connectivity index (χ3n) is 3.22. The SMILES string of the molecule is COC(=O)c1ccc(/C=C/C(=O)OCCc2ccccc2)cc1. The molecule has 0 aliphatic carbocycles. The molecule has 0 saturated heterocycles. The minimum Gasteiger partial charge on any atom is -0.465 e. The lowest BCUT2D eigenvalue weighted by Gasteiger charge is -2.02. The van der Waals surface area contributed by atoms with E-state index in [0.717, 1.165) is 11.1 Å². The molecule has 0 aliphatic rings. The van der Waals surface area contributed by atoms with Gasteiger partial charge >= 0.3 is 11.9 Å². The molecule has 0 N–H and O–H groups in total. The van der Waals surface area contributed by atoms with Gasteiger partial charge in [0, 0.05) is 12.5 Å². The molecule has 4 nitrogen and oxygen atoms in total. The van der Waals surface area contributed by atoms with E-state index in [1.54, 1.807) is 30.3 Å². The van der Waals surface area contributed by atoms with Gasteiger partial charge in [0.15, 0.2) is 0 Å². The standard InChI is InChI=1S/C19H18O4/c1-22-19(21)17-10-7-16(8-11-17)9-12-18(20)23-14-13-15-5-3-2-4-6-15/h2-12H,13-14H2,1H3/b12-9+. The van der Waals surface area contributed by atoms with E-state index in [0.29, 0.717) is 18.6 Å². The minimum absolute atomic E-state index is 0.342. The number of hydrogen-bond donors (Lipinski definition) is 0. The summed E-state index contributed by atoms with van der Waals surface area (Å²) in [5.74, 6) is -0.779. The molecule has 0 spiro atoms. The van der Waals surface area contributed by atoms with Gasteiger partial charge in [0.05, 0.1) is 19.3 Å². The Labute approximate surface area is 135 Å². The molecule has 2 aromatic rings. The van der Waals surface area contributed by atoms with Crippen molar-refractivity contribution in [1.82, 2.24) is 0 Å². The van der Waals surface area contributed by atoms with Crippen LogP contribution in [0.4, 0.5) is 0 Å². The number of benzene rings is 2. The molecule has 0 aromatic heterocycles. The van der Waals surface area contributed by atoms with Crippen molar-refractivity contribution in [3.63, 3.8) is 0 Å². The van der Waals surface area contributed by atoms with Crippen molar-refractivity contribution in [2.75, 3.05) is 13.7 Å². The first kappa shape index (κ1) is 16.5. The number of carbonyl (C=O) groups excluding carboxylic acids is 2. The van der Waals surface area contributed by atoms with Gasteiger partial charge in [-0.05, 0) is 29.3 Å². The lowest BCUT2D eigenvalue weighted by atomic mass is 10.1. The second-order valence-corrected chi connectivity index (χ2v) is 4.85. The Hall–Kier alpha value is -2.88. The van der Waals surface area contributed by atoms with Crippen LogP contribution in [0.2, 0.25) is 0 Å². The fourth-order valence-corrected chi connectivity index (χ4v) is 1.97. The number of carbonyl (C=O) groups is 2. The molecule has 0 atom stereocenters. The number of hydrogen-bond acceptors (Lipinski definition) is 4. The number of methoxy groups -OCH3 is 1. The molecule has 0 unspecified atom stereocenters. The minimum atomic E-state index is -0.391. The number of ether oxygens (including phenoxy) is 2. The fraction of sp³-hybridized carbons (Fsp3) is 0.158. The molecular weight excluding hydrogens is 292 g/mol. The molecule has 0 radical (unpaired) electrons. The van der Waals surface area contributed by atoms with E-state index in [9.17, 15) is 9.59 Å². The number of esters is 2. The van der Waals surface area contributed by atoms with Crippen LogP contribution < -0.4 is 0 Å². The highest BCUT2D eigenvalue weighted by molar-refractivity contribution is 5.90. The van der Waals surface area contributed by atoms with Gasteiger partial charge in [0.2, 0.25) is 0 Å². The van der Waals surface area contributed by atoms with E-state index in [1.165, 1.54) is 13.2 Å². The smallest absolute Gasteiger partial charge is 0.337 e. The normalized spacial score (nSPS) is 10.5. The van der Waals surface area contributed by atoms with Gasteiger partial charge in [0.1, 0.15) is 0 Å². The van der Waals surface area contributed by atoms with Gasteiger partial charge in [-0.3, -0.25) is 0 Å². The Morgan fingerprint density at radius 1 is 1.00 bits per heavy atom. The quantitative estimate of drug-likeness (QED) is 0.607. The topological polar surface area (TPSA) is 52.6 Å². The first-order valence-electron chi connectivity index (χ1n) is 7.26. The highest BCUT2D eigenvalue weighted by Gasteiger charge is 2.03. The zero-order chi connectivity index (χ0) is 16.5. The monoisotopic (exact) mass is 310 g/mol. The maximum atomic E-state index is 11.6. The highest BCUT2D eigenvalue weighted by atomic mass is 16.5. The Kier molecular flexibility index (Phi) is 6.12. The van der Waals surface area contributed by atoms with Gasteiger partial charge in [-0.1, -0.05) is 42.5 Å². The molecule has 2 aromatic carbocycles. The van der Waals surface area contributed by atoms with E-state index < -0.39 is 5.97 Å². The molecule has 0 aliphatic heterocycles. The van der Waals surface area contributed by atoms with E-state index in [4.69, 9.17) is 4.74 Å². The summed E-state index contributed by atoms with van der Waals surface area (Å²) in [6.45, 7) is 0.342. The summed E-state index contributed by atoms with van der Waals surface area (Å²) in [4.78, 5) is 23.0. The van der Waals surface area contributed by atoms with Crippen molar-refractivity contribution in [2.24, 2.45) is 0 Å². The third-order valence-corrected chi connectivity index (χ3v) is 3.22. The lowest BCUT2D eigenvalue weighted by Crippen LogP contribution is -2.04. The average molecular weight is 310 g/mol. The van der Waals surface area contributed by atoms with Crippen LogP contribution >= 0.6 is 0 Å². The molecule has 0 saturated carbocycles. The summed E-state index contributed by atoms with van der Waals surface area (Å²) in [5.41, 5.74) is 2.40. The van der Waals surface area contributed by atoms with Crippen molar-refractivity contribution in [2.45, 2.75) is 6.42 Å². The van der Waals surface area contributed by atoms with E-state index in [1.807, 2.05) is 30.3 Å². The van der Waals surface area contributed by atoms with Crippen molar-refractivity contribution in [3.05, 3.63) is 77.4 Å². The molecule has 0 heterocycles. The molecule has 0 fully saturated rings. The van der Waals surface area contributed by atoms with E-state index >= 15 is 0 Å². The van der Waals surface area contributed by atoms with Crippen molar-refractivity contribution >= 4 is 18.0 Å². The summed E-state index contributed by atoms with van der Waals surface area (Å²) in [6.07, 6.45) is 3.71. The van der Waals surface area contributed by atoms with Gasteiger partial charge in [-0.2, -0.15) is 0 Å². The second kappa shape index (κ2) is 8.54. The summed E-state index contributed by atoms with van der Waals surface area (Å²) in [6, 6.07) is 16.6. The van der Waals surface area contributed by atoms with Crippen molar-refractivity contribution in [3.8, 4) is 0 Å². The Balaban J connectivity index is 1.80. The predicted octanol–water partition coefficient (Wildman–Crippen LogP) is 3.27. The van der Waals surface area contributed by atoms with Crippen LogP contribution in [0.5, 0.6) is 0 Å². The molecular formula is C19H18O4. The average Bonchev–Trinajstić information content (AvgIpc) is 2.60. The van der Waals surface area contributed by atoms with Crippen LogP contribution in [0.25, 0.3) is 6.08 Å². The molecule has 4 heteroatoms. The van der Waals surface area contributed by atoms with Crippen molar-refractivity contribution < 1.29 is 19.1 Å². The summed E-state index contributed by atoms with van der Waals surface area (Å²) in [7, 11) is 1.33. The van der Waals surface area contributed by atoms with Gasteiger partial charge in [0.25, 0.3) is 0 Å². The largest absolute Gasteiger partial charge is 0.465 e. The molecule has 23 heavy (non-hydrogen) atoms. The lowest BCUT2D eigenvalue weighted by molar-refractivity contribution is -0.137. The van der Waals surface area contributed by atoms with Crippen LogP contribution in [-0.4, -0.2) is 25.7 Å². The van der Waals surface area contributed by atoms with Gasteiger partial charge in [-0.15, -0.1) is 0 Å². The van der Waals surface area contributed by atoms with Crippen LogP contribution in [0.3, 0.4) is 0 Å². The maximum Gasteiger partial charge on any atom is 0.337 e. The molecule has 0 amide bonds. The Morgan fingerprint density at radius 2 is 1.70 bits per heavy atom. The molecule has 2 rings (SSSR count). The summed E-state index contributed by atoms with van der Waals surface area (Å²) < 4.78 is 9.77. The highest BCUT2D eigenvalue weighted by Crippen LogP contribution is 2.07. The molecule has 0 bridgehead atoms. The van der Waals surface area contributed by atoms with Crippen LogP contribution in [-0.2, 0) is 20.7 Å². The van der Waals surface area contributed by atoms with Crippen molar-refractivity contribution in [1.29, 1.82) is 0 Å². The zero-order valence-electron chi connectivity index (χ0n) is 12.9. The van der Waals surface area contributed by atoms with Gasteiger partial charge in [-0.25, -0.2) is 9.59 Å². The Bertz CT molecular complexity index is 672. The Morgan fingerprint density at radius 3 is 2.35 bits per heavy atom. The maximum absolute atomic E-state index is 11.6. The summed E-state index contributed by atoms with van der Waals surface area (Å²) in [5, 5.41) is 0. The predicted molar refractivity (Wildman–Crippen MR) is 87.9 cm³/mol. The zero-order valence-corrected chi connectivity index (χ0v) is 12.9. The van der Waals surface area contributed by atoms with Crippen LogP contribution in [0.15, 0.2) is 60.7 Å². The second-order valence-electron chi connectivity index (χ2n) is 4.85. The van der Waals surface area contributed by atoms with Gasteiger partial charge < -0.3 is 9.47 Å². The first-order valence-corrected chi connectivity index (χ1v) is 7.26. The van der Waals surface area contributed by atoms with Crippen LogP contribution in [0, 0.1) is 0 Å². The molecule has 118 valence electrons.